The van der Waals surface area contributed by atoms with Gasteiger partial charge in [0.05, 0.1) is 26.4 Å². The van der Waals surface area contributed by atoms with Crippen molar-refractivity contribution in [2.75, 3.05) is 26.4 Å². The highest BCUT2D eigenvalue weighted by atomic mass is 16.5. The summed E-state index contributed by atoms with van der Waals surface area (Å²) >= 11 is 0. The van der Waals surface area contributed by atoms with Crippen LogP contribution in [0.5, 0.6) is 11.5 Å². The Morgan fingerprint density at radius 3 is 1.25 bits per heavy atom. The number of rotatable bonds is 16. The highest BCUT2D eigenvalue weighted by Gasteiger charge is 2.22. The summed E-state index contributed by atoms with van der Waals surface area (Å²) in [5.41, 5.74) is 7.44. The van der Waals surface area contributed by atoms with E-state index < -0.39 is 23.9 Å². The second-order valence-electron chi connectivity index (χ2n) is 14.4. The first-order chi connectivity index (χ1) is 30.1. The maximum Gasteiger partial charge on any atom is 0.338 e. The van der Waals surface area contributed by atoms with E-state index in [0.29, 0.717) is 57.6 Å². The predicted octanol–water partition coefficient (Wildman–Crippen LogP) is 8.75. The van der Waals surface area contributed by atoms with E-state index in [1.807, 2.05) is 79.7 Å². The molecule has 0 atom stereocenters. The lowest BCUT2D eigenvalue weighted by Gasteiger charge is -2.18. The van der Waals surface area contributed by atoms with Crippen LogP contribution in [0.1, 0.15) is 84.7 Å². The quantitative estimate of drug-likeness (QED) is 0.0359. The highest BCUT2D eigenvalue weighted by molar-refractivity contribution is 5.90. The molecule has 0 heterocycles. The third kappa shape index (κ3) is 15.3. The van der Waals surface area contributed by atoms with Crippen LogP contribution in [-0.2, 0) is 52.7 Å². The molecular weight excluding hydrogens is 793 g/mol. The Bertz CT molecular complexity index is 2590. The van der Waals surface area contributed by atoms with Crippen molar-refractivity contribution in [3.8, 4) is 47.0 Å². The molecular formula is C54H50O9. The van der Waals surface area contributed by atoms with Crippen LogP contribution in [-0.4, -0.2) is 50.3 Å². The third-order valence-electron chi connectivity index (χ3n) is 8.88. The number of hydrogen-bond donors (Lipinski definition) is 0. The van der Waals surface area contributed by atoms with Gasteiger partial charge < -0.3 is 23.7 Å². The van der Waals surface area contributed by atoms with Crippen LogP contribution >= 0.6 is 0 Å². The molecule has 4 aromatic carbocycles. The van der Waals surface area contributed by atoms with Crippen molar-refractivity contribution in [2.24, 2.45) is 0 Å². The number of hydrogen-bond acceptors (Lipinski definition) is 9. The molecule has 0 amide bonds. The van der Waals surface area contributed by atoms with Gasteiger partial charge in [-0.3, -0.25) is 0 Å². The van der Waals surface area contributed by atoms with Gasteiger partial charge in [0.2, 0.25) is 0 Å². The van der Waals surface area contributed by atoms with Crippen molar-refractivity contribution in [2.45, 2.75) is 53.9 Å². The monoisotopic (exact) mass is 842 g/mol. The molecule has 0 aromatic heterocycles. The molecule has 0 fully saturated rings. The predicted molar refractivity (Wildman–Crippen MR) is 244 cm³/mol. The maximum atomic E-state index is 13.0. The summed E-state index contributed by atoms with van der Waals surface area (Å²) < 4.78 is 28.0. The summed E-state index contributed by atoms with van der Waals surface area (Å²) in [6, 6.07) is 24.3. The molecule has 0 radical (unpaired) electrons. The standard InChI is InChI=1S/C54H50O9/c1-10-59-50-47(31-34-62-53(57)38(6)7)46(27-25-42-19-23-45(24-20-42)30-33-61-52(56)37(4)5)35-49(63-54(58)39(8)9)48(50)28-26-43-15-13-40(14-16-43)11-12-41-17-21-44(22-18-41)29-32-60-51(55)36(2)3/h13-24,35H,2,4,6,8,10,29-34H2,1,3,5,7,9H3. The number of ether oxygens (including phenoxy) is 5. The molecule has 9 heteroatoms. The first-order valence-corrected chi connectivity index (χ1v) is 20.2. The minimum absolute atomic E-state index is 0.0114. The normalized spacial score (nSPS) is 9.92. The van der Waals surface area contributed by atoms with Gasteiger partial charge in [0.25, 0.3) is 0 Å². The minimum Gasteiger partial charge on any atom is -0.492 e. The molecule has 0 N–H and O–H groups in total. The molecule has 0 saturated heterocycles. The van der Waals surface area contributed by atoms with Crippen molar-refractivity contribution in [3.05, 3.63) is 178 Å². The van der Waals surface area contributed by atoms with Gasteiger partial charge >= 0.3 is 23.9 Å². The summed E-state index contributed by atoms with van der Waals surface area (Å²) in [7, 11) is 0. The van der Waals surface area contributed by atoms with E-state index in [1.54, 1.807) is 33.8 Å². The Morgan fingerprint density at radius 1 is 0.492 bits per heavy atom. The summed E-state index contributed by atoms with van der Waals surface area (Å²) in [6.45, 7) is 23.5. The summed E-state index contributed by atoms with van der Waals surface area (Å²) in [6.07, 6.45) is 1.30. The molecule has 4 rings (SSSR count). The fraction of sp³-hybridized carbons (Fsp3) is 0.222. The molecule has 0 saturated carbocycles. The van der Waals surface area contributed by atoms with Gasteiger partial charge in [-0.25, -0.2) is 19.2 Å². The number of esters is 4. The largest absolute Gasteiger partial charge is 0.492 e. The van der Waals surface area contributed by atoms with Crippen LogP contribution in [0.25, 0.3) is 0 Å². The van der Waals surface area contributed by atoms with E-state index in [2.05, 4.69) is 61.8 Å². The van der Waals surface area contributed by atoms with Crippen molar-refractivity contribution >= 4 is 23.9 Å². The van der Waals surface area contributed by atoms with Gasteiger partial charge in [0.1, 0.15) is 11.3 Å². The van der Waals surface area contributed by atoms with Gasteiger partial charge in [0.15, 0.2) is 5.75 Å². The summed E-state index contributed by atoms with van der Waals surface area (Å²) in [5, 5.41) is 0. The van der Waals surface area contributed by atoms with Gasteiger partial charge in [-0.15, -0.1) is 0 Å². The van der Waals surface area contributed by atoms with Crippen molar-refractivity contribution in [1.29, 1.82) is 0 Å². The average molecular weight is 843 g/mol. The van der Waals surface area contributed by atoms with Crippen LogP contribution in [0.3, 0.4) is 0 Å². The molecule has 0 spiro atoms. The second-order valence-corrected chi connectivity index (χ2v) is 14.4. The van der Waals surface area contributed by atoms with E-state index in [4.69, 9.17) is 23.7 Å². The first kappa shape index (κ1) is 47.9. The van der Waals surface area contributed by atoms with Crippen LogP contribution in [0.2, 0.25) is 0 Å². The lowest BCUT2D eigenvalue weighted by Crippen LogP contribution is -2.13. The third-order valence-corrected chi connectivity index (χ3v) is 8.88. The fourth-order valence-corrected chi connectivity index (χ4v) is 5.43. The first-order valence-electron chi connectivity index (χ1n) is 20.2. The molecule has 320 valence electrons. The van der Waals surface area contributed by atoms with Crippen molar-refractivity contribution in [1.82, 2.24) is 0 Å². The lowest BCUT2D eigenvalue weighted by atomic mass is 9.97. The maximum absolute atomic E-state index is 13.0. The molecule has 0 aliphatic carbocycles. The lowest BCUT2D eigenvalue weighted by molar-refractivity contribution is -0.139. The van der Waals surface area contributed by atoms with Crippen molar-refractivity contribution in [3.63, 3.8) is 0 Å². The van der Waals surface area contributed by atoms with E-state index in [-0.39, 0.29) is 49.7 Å². The van der Waals surface area contributed by atoms with E-state index in [1.165, 1.54) is 0 Å². The zero-order valence-corrected chi connectivity index (χ0v) is 36.5. The smallest absolute Gasteiger partial charge is 0.338 e. The summed E-state index contributed by atoms with van der Waals surface area (Å²) in [5.74, 6) is 17.5. The molecule has 0 aliphatic rings. The topological polar surface area (TPSA) is 114 Å². The Balaban J connectivity index is 1.67. The van der Waals surface area contributed by atoms with Gasteiger partial charge in [-0.2, -0.15) is 0 Å². The Labute approximate surface area is 370 Å². The van der Waals surface area contributed by atoms with Gasteiger partial charge in [-0.1, -0.05) is 86.1 Å². The van der Waals surface area contributed by atoms with Crippen LogP contribution in [0, 0.1) is 35.5 Å². The second kappa shape index (κ2) is 23.8. The number of benzene rings is 4. The van der Waals surface area contributed by atoms with Gasteiger partial charge in [-0.05, 0) is 100 Å². The zero-order valence-electron chi connectivity index (χ0n) is 36.5. The fourth-order valence-electron chi connectivity index (χ4n) is 5.43. The molecule has 0 bridgehead atoms. The van der Waals surface area contributed by atoms with Crippen LogP contribution in [0.15, 0.2) is 127 Å². The van der Waals surface area contributed by atoms with E-state index in [9.17, 15) is 19.2 Å². The van der Waals surface area contributed by atoms with Crippen LogP contribution in [0.4, 0.5) is 0 Å². The minimum atomic E-state index is -0.659. The molecule has 4 aromatic rings. The van der Waals surface area contributed by atoms with E-state index in [0.717, 1.165) is 22.3 Å². The van der Waals surface area contributed by atoms with E-state index >= 15 is 0 Å². The molecule has 0 aliphatic heterocycles. The molecule has 63 heavy (non-hydrogen) atoms. The molecule has 0 unspecified atom stereocenters. The van der Waals surface area contributed by atoms with Crippen molar-refractivity contribution < 1.29 is 42.9 Å². The molecule has 9 nitrogen and oxygen atoms in total. The number of carbonyl (C=O) groups excluding carboxylic acids is 4. The summed E-state index contributed by atoms with van der Waals surface area (Å²) in [4.78, 5) is 48.7. The SMILES string of the molecule is C=C(C)C(=O)OCCc1ccc(C#Cc2ccc(C#Cc3c(OC(=O)C(=C)C)cc(C#Cc4ccc(CCOC(=O)C(=C)C)cc4)c(CCOC(=O)C(=C)C)c3OCC)cc2)cc1. The Hall–Kier alpha value is -7.80. The highest BCUT2D eigenvalue weighted by Crippen LogP contribution is 2.36. The van der Waals surface area contributed by atoms with Crippen LogP contribution < -0.4 is 9.47 Å². The zero-order chi connectivity index (χ0) is 45.9. The average Bonchev–Trinajstić information content (AvgIpc) is 3.26. The number of carbonyl (C=O) groups is 4. The Morgan fingerprint density at radius 2 is 0.857 bits per heavy atom. The van der Waals surface area contributed by atoms with Gasteiger partial charge in [0, 0.05) is 74.9 Å². The Kier molecular flexibility index (Phi) is 18.1.